The quantitative estimate of drug-likeness (QED) is 0.710. The highest BCUT2D eigenvalue weighted by Crippen LogP contribution is 2.21. The molecular formula is C15H27N3OS. The van der Waals surface area contributed by atoms with Gasteiger partial charge in [-0.3, -0.25) is 0 Å². The van der Waals surface area contributed by atoms with Crippen molar-refractivity contribution in [2.75, 3.05) is 32.6 Å². The van der Waals surface area contributed by atoms with E-state index in [1.807, 2.05) is 11.8 Å². The van der Waals surface area contributed by atoms with Gasteiger partial charge in [-0.05, 0) is 31.1 Å². The summed E-state index contributed by atoms with van der Waals surface area (Å²) in [5, 5.41) is 3.40. The number of rotatable bonds is 9. The molecule has 20 heavy (non-hydrogen) atoms. The summed E-state index contributed by atoms with van der Waals surface area (Å²) in [6.45, 7) is 11.1. The van der Waals surface area contributed by atoms with Gasteiger partial charge in [0.15, 0.2) is 0 Å². The average molecular weight is 297 g/mol. The second-order valence-electron chi connectivity index (χ2n) is 4.96. The van der Waals surface area contributed by atoms with Crippen LogP contribution >= 0.6 is 11.8 Å². The van der Waals surface area contributed by atoms with E-state index in [4.69, 9.17) is 4.74 Å². The maximum absolute atomic E-state index is 5.04. The van der Waals surface area contributed by atoms with Gasteiger partial charge in [-0.1, -0.05) is 13.8 Å². The number of hydrogen-bond donors (Lipinski definition) is 1. The van der Waals surface area contributed by atoms with Crippen LogP contribution in [0.4, 0.5) is 0 Å². The molecule has 1 heterocycles. The third-order valence-corrected chi connectivity index (χ3v) is 4.11. The Kier molecular flexibility index (Phi) is 8.11. The number of thioether (sulfide) groups is 1. The van der Waals surface area contributed by atoms with Crippen LogP contribution in [0.15, 0.2) is 0 Å². The van der Waals surface area contributed by atoms with Gasteiger partial charge < -0.3 is 10.1 Å². The minimum Gasteiger partial charge on any atom is -0.383 e. The maximum Gasteiger partial charge on any atom is 0.138 e. The van der Waals surface area contributed by atoms with E-state index in [-0.39, 0.29) is 0 Å². The van der Waals surface area contributed by atoms with Gasteiger partial charge in [0.2, 0.25) is 0 Å². The first-order chi connectivity index (χ1) is 9.60. The van der Waals surface area contributed by atoms with Crippen LogP contribution in [0.2, 0.25) is 0 Å². The van der Waals surface area contributed by atoms with Crippen LogP contribution in [-0.2, 0) is 10.5 Å². The lowest BCUT2D eigenvalue weighted by Crippen LogP contribution is -2.25. The first-order valence-electron chi connectivity index (χ1n) is 7.21. The number of hydrogen-bond acceptors (Lipinski definition) is 5. The van der Waals surface area contributed by atoms with Crippen molar-refractivity contribution in [3.8, 4) is 0 Å². The fourth-order valence-electron chi connectivity index (χ4n) is 2.36. The fraction of sp³-hybridized carbons (Fsp3) is 0.733. The molecule has 0 aliphatic carbocycles. The van der Waals surface area contributed by atoms with E-state index in [1.165, 1.54) is 5.56 Å². The molecule has 0 bridgehead atoms. The summed E-state index contributed by atoms with van der Waals surface area (Å²) in [6.07, 6.45) is 0. The van der Waals surface area contributed by atoms with E-state index >= 15 is 0 Å². The molecular weight excluding hydrogens is 270 g/mol. The van der Waals surface area contributed by atoms with E-state index in [0.717, 1.165) is 48.4 Å². The largest absolute Gasteiger partial charge is 0.383 e. The first kappa shape index (κ1) is 17.4. The number of ether oxygens (including phenoxy) is 1. The highest BCUT2D eigenvalue weighted by atomic mass is 32.2. The van der Waals surface area contributed by atoms with Crippen LogP contribution in [0.5, 0.6) is 0 Å². The summed E-state index contributed by atoms with van der Waals surface area (Å²) in [6, 6.07) is 0. The number of nitrogens with one attached hydrogen (secondary N) is 1. The van der Waals surface area contributed by atoms with Crippen LogP contribution in [-0.4, -0.2) is 42.5 Å². The summed E-state index contributed by atoms with van der Waals surface area (Å²) in [7, 11) is 1.72. The Bertz CT molecular complexity index is 389. The van der Waals surface area contributed by atoms with Crippen molar-refractivity contribution < 1.29 is 4.74 Å². The van der Waals surface area contributed by atoms with Crippen LogP contribution in [0.1, 0.15) is 42.5 Å². The van der Waals surface area contributed by atoms with Crippen molar-refractivity contribution in [2.24, 2.45) is 0 Å². The molecule has 0 saturated heterocycles. The lowest BCUT2D eigenvalue weighted by Gasteiger charge is -2.18. The molecule has 1 N–H and O–H groups in total. The predicted molar refractivity (Wildman–Crippen MR) is 86.5 cm³/mol. The van der Waals surface area contributed by atoms with Gasteiger partial charge in [0.05, 0.1) is 12.4 Å². The summed E-state index contributed by atoms with van der Waals surface area (Å²) in [4.78, 5) is 9.31. The van der Waals surface area contributed by atoms with E-state index in [1.54, 1.807) is 7.11 Å². The molecule has 0 aliphatic rings. The summed E-state index contributed by atoms with van der Waals surface area (Å²) < 4.78 is 5.04. The van der Waals surface area contributed by atoms with Crippen molar-refractivity contribution >= 4 is 11.8 Å². The van der Waals surface area contributed by atoms with Crippen molar-refractivity contribution in [3.05, 3.63) is 22.8 Å². The molecule has 4 nitrogen and oxygen atoms in total. The van der Waals surface area contributed by atoms with Crippen molar-refractivity contribution in [2.45, 2.75) is 39.4 Å². The molecule has 0 saturated carbocycles. The summed E-state index contributed by atoms with van der Waals surface area (Å²) >= 11 is 1.86. The summed E-state index contributed by atoms with van der Waals surface area (Å²) in [5.74, 6) is 3.37. The fourth-order valence-corrected chi connectivity index (χ4v) is 2.88. The molecule has 0 amide bonds. The SMILES string of the molecule is CCSCc1nc(C)c(C(C)CNCCOC)c(C)n1. The molecule has 1 aromatic heterocycles. The maximum atomic E-state index is 5.04. The topological polar surface area (TPSA) is 47.0 Å². The van der Waals surface area contributed by atoms with E-state index in [0.29, 0.717) is 5.92 Å². The Morgan fingerprint density at radius 3 is 2.45 bits per heavy atom. The molecule has 1 unspecified atom stereocenters. The molecule has 0 radical (unpaired) electrons. The normalized spacial score (nSPS) is 12.7. The Morgan fingerprint density at radius 2 is 1.90 bits per heavy atom. The third-order valence-electron chi connectivity index (χ3n) is 3.23. The molecule has 0 spiro atoms. The highest BCUT2D eigenvalue weighted by Gasteiger charge is 2.14. The van der Waals surface area contributed by atoms with Gasteiger partial charge in [0.1, 0.15) is 5.82 Å². The Balaban J connectivity index is 2.69. The molecule has 1 rings (SSSR count). The minimum atomic E-state index is 0.416. The Morgan fingerprint density at radius 1 is 1.25 bits per heavy atom. The number of methoxy groups -OCH3 is 1. The second kappa shape index (κ2) is 9.32. The van der Waals surface area contributed by atoms with Crippen molar-refractivity contribution in [1.29, 1.82) is 0 Å². The monoisotopic (exact) mass is 297 g/mol. The Hall–Kier alpha value is -0.650. The predicted octanol–water partition coefficient (Wildman–Crippen LogP) is 2.69. The minimum absolute atomic E-state index is 0.416. The molecule has 0 aliphatic heterocycles. The average Bonchev–Trinajstić information content (AvgIpc) is 2.40. The summed E-state index contributed by atoms with van der Waals surface area (Å²) in [5.41, 5.74) is 3.51. The van der Waals surface area contributed by atoms with Crippen LogP contribution in [0.3, 0.4) is 0 Å². The van der Waals surface area contributed by atoms with Crippen molar-refractivity contribution in [3.63, 3.8) is 0 Å². The van der Waals surface area contributed by atoms with E-state index in [2.05, 4.69) is 43.0 Å². The molecule has 1 aromatic rings. The lowest BCUT2D eigenvalue weighted by molar-refractivity contribution is 0.199. The van der Waals surface area contributed by atoms with Gasteiger partial charge in [0.25, 0.3) is 0 Å². The van der Waals surface area contributed by atoms with Crippen LogP contribution in [0.25, 0.3) is 0 Å². The zero-order chi connectivity index (χ0) is 15.0. The highest BCUT2D eigenvalue weighted by molar-refractivity contribution is 7.98. The first-order valence-corrected chi connectivity index (χ1v) is 8.37. The van der Waals surface area contributed by atoms with Gasteiger partial charge in [0, 0.05) is 31.6 Å². The second-order valence-corrected chi connectivity index (χ2v) is 6.23. The number of aryl methyl sites for hydroxylation is 2. The van der Waals surface area contributed by atoms with Gasteiger partial charge in [-0.15, -0.1) is 0 Å². The molecule has 5 heteroatoms. The van der Waals surface area contributed by atoms with Gasteiger partial charge in [-0.2, -0.15) is 11.8 Å². The molecule has 0 fully saturated rings. The standard InChI is InChI=1S/C15H27N3OS/c1-6-20-10-14-17-12(3)15(13(4)18-14)11(2)9-16-7-8-19-5/h11,16H,6-10H2,1-5H3. The molecule has 0 aromatic carbocycles. The lowest BCUT2D eigenvalue weighted by atomic mass is 9.98. The Labute approximate surface area is 127 Å². The molecule has 114 valence electrons. The van der Waals surface area contributed by atoms with Crippen molar-refractivity contribution in [1.82, 2.24) is 15.3 Å². The van der Waals surface area contributed by atoms with E-state index < -0.39 is 0 Å². The zero-order valence-electron chi connectivity index (χ0n) is 13.3. The van der Waals surface area contributed by atoms with E-state index in [9.17, 15) is 0 Å². The number of nitrogens with zero attached hydrogens (tertiary/aromatic N) is 2. The smallest absolute Gasteiger partial charge is 0.138 e. The van der Waals surface area contributed by atoms with Gasteiger partial charge >= 0.3 is 0 Å². The number of aromatic nitrogens is 2. The van der Waals surface area contributed by atoms with Crippen LogP contribution in [0, 0.1) is 13.8 Å². The van der Waals surface area contributed by atoms with Crippen LogP contribution < -0.4 is 5.32 Å². The zero-order valence-corrected chi connectivity index (χ0v) is 14.1. The third kappa shape index (κ3) is 5.38. The van der Waals surface area contributed by atoms with Gasteiger partial charge in [-0.25, -0.2) is 9.97 Å². The molecule has 1 atom stereocenters.